The van der Waals surface area contributed by atoms with Crippen LogP contribution < -0.4 is 10.1 Å². The lowest BCUT2D eigenvalue weighted by molar-refractivity contribution is -0.123. The van der Waals surface area contributed by atoms with Crippen LogP contribution >= 0.6 is 0 Å². The van der Waals surface area contributed by atoms with Crippen molar-refractivity contribution < 1.29 is 9.53 Å². The molecule has 0 saturated carbocycles. The van der Waals surface area contributed by atoms with E-state index in [9.17, 15) is 4.79 Å². The first-order chi connectivity index (χ1) is 14.1. The van der Waals surface area contributed by atoms with Crippen molar-refractivity contribution in [3.63, 3.8) is 0 Å². The van der Waals surface area contributed by atoms with Crippen LogP contribution in [0.25, 0.3) is 11.0 Å². The van der Waals surface area contributed by atoms with E-state index in [0.29, 0.717) is 6.61 Å². The zero-order valence-corrected chi connectivity index (χ0v) is 17.4. The van der Waals surface area contributed by atoms with Crippen LogP contribution in [0, 0.1) is 5.92 Å². The normalized spacial score (nSPS) is 11.1. The monoisotopic (exact) mass is 393 g/mol. The van der Waals surface area contributed by atoms with E-state index < -0.39 is 0 Å². The molecule has 0 spiro atoms. The van der Waals surface area contributed by atoms with E-state index in [1.807, 2.05) is 50.2 Å². The van der Waals surface area contributed by atoms with Crippen molar-refractivity contribution >= 4 is 16.9 Å². The molecule has 1 aromatic heterocycles. The van der Waals surface area contributed by atoms with E-state index in [0.717, 1.165) is 61.4 Å². The molecule has 1 amide bonds. The number of nitrogens with zero attached hydrogens (tertiary/aromatic N) is 2. The molecule has 1 heterocycles. The Morgan fingerprint density at radius 3 is 2.59 bits per heavy atom. The predicted octanol–water partition coefficient (Wildman–Crippen LogP) is 4.60. The van der Waals surface area contributed by atoms with Gasteiger partial charge in [0.1, 0.15) is 18.2 Å². The number of aryl methyl sites for hydroxylation is 1. The minimum absolute atomic E-state index is 0.0491. The largest absolute Gasteiger partial charge is 0.492 e. The van der Waals surface area contributed by atoms with Crippen LogP contribution in [-0.2, 0) is 17.8 Å². The molecule has 2 aromatic carbocycles. The average Bonchev–Trinajstić information content (AvgIpc) is 3.08. The number of aromatic nitrogens is 2. The fraction of sp³-hybridized carbons (Fsp3) is 0.417. The van der Waals surface area contributed by atoms with Gasteiger partial charge in [0.2, 0.25) is 5.91 Å². The van der Waals surface area contributed by atoms with Crippen LogP contribution in [0.15, 0.2) is 54.6 Å². The fourth-order valence-corrected chi connectivity index (χ4v) is 3.34. The molecular weight excluding hydrogens is 362 g/mol. The Morgan fingerprint density at radius 2 is 1.79 bits per heavy atom. The summed E-state index contributed by atoms with van der Waals surface area (Å²) >= 11 is 0. The predicted molar refractivity (Wildman–Crippen MR) is 117 cm³/mol. The standard InChI is InChI=1S/C24H31N3O2/c1-19(2)24(28)25-16-10-4-7-15-23-26-21-13-8-9-14-22(21)27(23)17-18-29-20-11-5-3-6-12-20/h3,5-6,8-9,11-14,19H,4,7,10,15-18H2,1-2H3,(H,25,28). The zero-order chi connectivity index (χ0) is 20.5. The zero-order valence-electron chi connectivity index (χ0n) is 17.4. The van der Waals surface area contributed by atoms with E-state index in [4.69, 9.17) is 9.72 Å². The van der Waals surface area contributed by atoms with Gasteiger partial charge in [0, 0.05) is 18.9 Å². The molecule has 0 unspecified atom stereocenters. The number of unbranched alkanes of at least 4 members (excludes halogenated alkanes) is 2. The van der Waals surface area contributed by atoms with Gasteiger partial charge in [-0.2, -0.15) is 0 Å². The maximum atomic E-state index is 11.6. The van der Waals surface area contributed by atoms with Gasteiger partial charge in [-0.25, -0.2) is 4.98 Å². The van der Waals surface area contributed by atoms with Crippen molar-refractivity contribution in [2.75, 3.05) is 13.2 Å². The lowest BCUT2D eigenvalue weighted by Crippen LogP contribution is -2.28. The van der Waals surface area contributed by atoms with Gasteiger partial charge in [0.15, 0.2) is 0 Å². The summed E-state index contributed by atoms with van der Waals surface area (Å²) in [5.74, 6) is 2.18. The Kier molecular flexibility index (Phi) is 7.68. The quantitative estimate of drug-likeness (QED) is 0.484. The van der Waals surface area contributed by atoms with E-state index in [1.165, 1.54) is 0 Å². The number of carbonyl (C=O) groups is 1. The van der Waals surface area contributed by atoms with Crippen molar-refractivity contribution in [2.24, 2.45) is 5.92 Å². The SMILES string of the molecule is CC(C)C(=O)NCCCCCc1nc2ccccc2n1CCOc1ccccc1. The highest BCUT2D eigenvalue weighted by atomic mass is 16.5. The first-order valence-electron chi connectivity index (χ1n) is 10.5. The number of rotatable bonds is 11. The summed E-state index contributed by atoms with van der Waals surface area (Å²) in [6.45, 7) is 5.97. The number of hydrogen-bond acceptors (Lipinski definition) is 3. The molecule has 3 rings (SSSR count). The van der Waals surface area contributed by atoms with Gasteiger partial charge in [-0.1, -0.05) is 50.6 Å². The minimum Gasteiger partial charge on any atom is -0.492 e. The molecule has 5 heteroatoms. The van der Waals surface area contributed by atoms with E-state index in [-0.39, 0.29) is 11.8 Å². The second-order valence-electron chi connectivity index (χ2n) is 7.59. The van der Waals surface area contributed by atoms with Crippen molar-refractivity contribution in [1.82, 2.24) is 14.9 Å². The number of carbonyl (C=O) groups excluding carboxylic acids is 1. The number of nitrogens with one attached hydrogen (secondary N) is 1. The maximum absolute atomic E-state index is 11.6. The molecule has 0 fully saturated rings. The summed E-state index contributed by atoms with van der Waals surface area (Å²) in [6.07, 6.45) is 4.05. The minimum atomic E-state index is 0.0491. The summed E-state index contributed by atoms with van der Waals surface area (Å²) in [7, 11) is 0. The Bertz CT molecular complexity index is 903. The molecule has 0 saturated heterocycles. The van der Waals surface area contributed by atoms with Crippen molar-refractivity contribution in [3.8, 4) is 5.75 Å². The lowest BCUT2D eigenvalue weighted by Gasteiger charge is -2.11. The smallest absolute Gasteiger partial charge is 0.222 e. The van der Waals surface area contributed by atoms with Crippen molar-refractivity contribution in [2.45, 2.75) is 46.1 Å². The molecule has 0 atom stereocenters. The lowest BCUT2D eigenvalue weighted by atomic mass is 10.1. The fourth-order valence-electron chi connectivity index (χ4n) is 3.34. The maximum Gasteiger partial charge on any atom is 0.222 e. The molecule has 0 bridgehead atoms. The number of para-hydroxylation sites is 3. The Balaban J connectivity index is 1.53. The molecule has 29 heavy (non-hydrogen) atoms. The second kappa shape index (κ2) is 10.6. The number of imidazole rings is 1. The van der Waals surface area contributed by atoms with Crippen molar-refractivity contribution in [3.05, 3.63) is 60.4 Å². The van der Waals surface area contributed by atoms with Crippen LogP contribution in [-0.4, -0.2) is 28.6 Å². The summed E-state index contributed by atoms with van der Waals surface area (Å²) in [4.78, 5) is 16.5. The number of amides is 1. The van der Waals surface area contributed by atoms with Crippen molar-refractivity contribution in [1.29, 1.82) is 0 Å². The molecular formula is C24H31N3O2. The van der Waals surface area contributed by atoms with Crippen LogP contribution in [0.2, 0.25) is 0 Å². The van der Waals surface area contributed by atoms with Gasteiger partial charge < -0.3 is 14.6 Å². The molecule has 3 aromatic rings. The molecule has 154 valence electrons. The van der Waals surface area contributed by atoms with Gasteiger partial charge in [0.05, 0.1) is 17.6 Å². The highest BCUT2D eigenvalue weighted by Crippen LogP contribution is 2.18. The Morgan fingerprint density at radius 1 is 1.03 bits per heavy atom. The average molecular weight is 394 g/mol. The van der Waals surface area contributed by atoms with Crippen LogP contribution in [0.1, 0.15) is 38.9 Å². The number of fused-ring (bicyclic) bond motifs is 1. The molecule has 5 nitrogen and oxygen atoms in total. The molecule has 0 radical (unpaired) electrons. The number of hydrogen-bond donors (Lipinski definition) is 1. The second-order valence-corrected chi connectivity index (χ2v) is 7.59. The third kappa shape index (κ3) is 6.08. The highest BCUT2D eigenvalue weighted by molar-refractivity contribution is 5.77. The van der Waals surface area contributed by atoms with Gasteiger partial charge in [-0.15, -0.1) is 0 Å². The molecule has 0 aliphatic carbocycles. The summed E-state index contributed by atoms with van der Waals surface area (Å²) in [5, 5.41) is 2.98. The summed E-state index contributed by atoms with van der Waals surface area (Å²) < 4.78 is 8.17. The molecule has 1 N–H and O–H groups in total. The Hall–Kier alpha value is -2.82. The number of ether oxygens (including phenoxy) is 1. The van der Waals surface area contributed by atoms with Crippen LogP contribution in [0.3, 0.4) is 0 Å². The van der Waals surface area contributed by atoms with Gasteiger partial charge in [-0.05, 0) is 37.1 Å². The summed E-state index contributed by atoms with van der Waals surface area (Å²) in [6, 6.07) is 18.2. The van der Waals surface area contributed by atoms with E-state index in [1.54, 1.807) is 0 Å². The Labute approximate surface area is 173 Å². The first-order valence-corrected chi connectivity index (χ1v) is 10.5. The van der Waals surface area contributed by atoms with E-state index >= 15 is 0 Å². The molecule has 0 aliphatic rings. The van der Waals surface area contributed by atoms with Crippen LogP contribution in [0.5, 0.6) is 5.75 Å². The van der Waals surface area contributed by atoms with Gasteiger partial charge in [0.25, 0.3) is 0 Å². The van der Waals surface area contributed by atoms with Gasteiger partial charge in [-0.3, -0.25) is 4.79 Å². The third-order valence-electron chi connectivity index (χ3n) is 4.96. The van der Waals surface area contributed by atoms with E-state index in [2.05, 4.69) is 28.1 Å². The third-order valence-corrected chi connectivity index (χ3v) is 4.96. The summed E-state index contributed by atoms with van der Waals surface area (Å²) in [5.41, 5.74) is 2.19. The van der Waals surface area contributed by atoms with Crippen LogP contribution in [0.4, 0.5) is 0 Å². The first kappa shape index (κ1) is 20.9. The highest BCUT2D eigenvalue weighted by Gasteiger charge is 2.10. The molecule has 0 aliphatic heterocycles. The van der Waals surface area contributed by atoms with Gasteiger partial charge >= 0.3 is 0 Å². The topological polar surface area (TPSA) is 56.2 Å². The number of benzene rings is 2.